The van der Waals surface area contributed by atoms with Gasteiger partial charge in [0.05, 0.1) is 16.8 Å². The number of fused-ring (bicyclic) bond motifs is 1. The summed E-state index contributed by atoms with van der Waals surface area (Å²) in [5.74, 6) is -0.398. The van der Waals surface area contributed by atoms with E-state index in [1.54, 1.807) is 7.05 Å². The summed E-state index contributed by atoms with van der Waals surface area (Å²) in [6.07, 6.45) is 2.16. The van der Waals surface area contributed by atoms with Crippen molar-refractivity contribution in [2.45, 2.75) is 13.0 Å². The predicted octanol–water partition coefficient (Wildman–Crippen LogP) is 1.29. The lowest BCUT2D eigenvalue weighted by Crippen LogP contribution is -2.22. The van der Waals surface area contributed by atoms with Gasteiger partial charge in [-0.2, -0.15) is 0 Å². The second kappa shape index (κ2) is 5.26. The molecule has 3 heterocycles. The van der Waals surface area contributed by atoms with E-state index in [9.17, 15) is 14.9 Å². The molecule has 2 aromatic rings. The SMILES string of the molecule is Cn1cc([N+](=O)[O-])cc1C(=O)Nc1nc2c(s1)CNCC2. The van der Waals surface area contributed by atoms with Gasteiger partial charge in [0.15, 0.2) is 5.13 Å². The minimum atomic E-state index is -0.523. The number of carbonyl (C=O) groups excluding carboxylic acids is 1. The van der Waals surface area contributed by atoms with Crippen LogP contribution in [-0.2, 0) is 20.0 Å². The number of amides is 1. The fraction of sp³-hybridized carbons (Fsp3) is 0.333. The maximum absolute atomic E-state index is 12.2. The fourth-order valence-electron chi connectivity index (χ4n) is 2.21. The number of aryl methyl sites for hydroxylation is 1. The molecular formula is C12H13N5O3S. The third-order valence-corrected chi connectivity index (χ3v) is 4.27. The maximum Gasteiger partial charge on any atom is 0.287 e. The summed E-state index contributed by atoms with van der Waals surface area (Å²) >= 11 is 1.43. The van der Waals surface area contributed by atoms with Crippen LogP contribution in [0.1, 0.15) is 21.1 Å². The monoisotopic (exact) mass is 307 g/mol. The van der Waals surface area contributed by atoms with Crippen molar-refractivity contribution in [3.8, 4) is 0 Å². The Morgan fingerprint density at radius 2 is 2.43 bits per heavy atom. The number of rotatable bonds is 3. The minimum absolute atomic E-state index is 0.106. The van der Waals surface area contributed by atoms with Gasteiger partial charge in [-0.15, -0.1) is 11.3 Å². The molecule has 9 heteroatoms. The second-order valence-electron chi connectivity index (χ2n) is 4.72. The van der Waals surface area contributed by atoms with Crippen LogP contribution in [0, 0.1) is 10.1 Å². The highest BCUT2D eigenvalue weighted by molar-refractivity contribution is 7.15. The number of thiazole rings is 1. The molecule has 0 saturated carbocycles. The number of nitrogens with one attached hydrogen (secondary N) is 2. The van der Waals surface area contributed by atoms with Gasteiger partial charge < -0.3 is 9.88 Å². The average molecular weight is 307 g/mol. The highest BCUT2D eigenvalue weighted by atomic mass is 32.1. The lowest BCUT2D eigenvalue weighted by Gasteiger charge is -2.09. The highest BCUT2D eigenvalue weighted by Gasteiger charge is 2.20. The summed E-state index contributed by atoms with van der Waals surface area (Å²) in [5.41, 5.74) is 1.13. The number of hydrogen-bond donors (Lipinski definition) is 2. The molecular weight excluding hydrogens is 294 g/mol. The van der Waals surface area contributed by atoms with Crippen LogP contribution in [0.5, 0.6) is 0 Å². The molecule has 2 aromatic heterocycles. The first-order valence-corrected chi connectivity index (χ1v) is 7.17. The summed E-state index contributed by atoms with van der Waals surface area (Å²) in [4.78, 5) is 27.9. The van der Waals surface area contributed by atoms with Crippen molar-refractivity contribution in [2.75, 3.05) is 11.9 Å². The predicted molar refractivity (Wildman–Crippen MR) is 77.5 cm³/mol. The van der Waals surface area contributed by atoms with Crippen LogP contribution in [-0.4, -0.2) is 26.9 Å². The Morgan fingerprint density at radius 3 is 3.10 bits per heavy atom. The van der Waals surface area contributed by atoms with Crippen LogP contribution in [0.15, 0.2) is 12.3 Å². The summed E-state index contributed by atoms with van der Waals surface area (Å²) < 4.78 is 1.43. The molecule has 8 nitrogen and oxygen atoms in total. The van der Waals surface area contributed by atoms with Gasteiger partial charge in [0.25, 0.3) is 11.6 Å². The molecule has 0 bridgehead atoms. The average Bonchev–Trinajstić information content (AvgIpc) is 3.01. The molecule has 0 aromatic carbocycles. The number of carbonyl (C=O) groups is 1. The van der Waals surface area contributed by atoms with Crippen molar-refractivity contribution < 1.29 is 9.72 Å². The Bertz CT molecular complexity index is 697. The Balaban J connectivity index is 1.80. The number of aromatic nitrogens is 2. The minimum Gasteiger partial charge on any atom is -0.340 e. The molecule has 3 rings (SSSR count). The van der Waals surface area contributed by atoms with Gasteiger partial charge in [0.2, 0.25) is 0 Å². The quantitative estimate of drug-likeness (QED) is 0.657. The van der Waals surface area contributed by atoms with E-state index >= 15 is 0 Å². The summed E-state index contributed by atoms with van der Waals surface area (Å²) in [6, 6.07) is 1.25. The number of nitro groups is 1. The lowest BCUT2D eigenvalue weighted by atomic mass is 10.2. The van der Waals surface area contributed by atoms with Gasteiger partial charge in [-0.25, -0.2) is 4.98 Å². The number of nitrogens with zero attached hydrogens (tertiary/aromatic N) is 3. The van der Waals surface area contributed by atoms with Gasteiger partial charge in [-0.05, 0) is 0 Å². The second-order valence-corrected chi connectivity index (χ2v) is 5.80. The first-order chi connectivity index (χ1) is 10.0. The molecule has 0 aliphatic carbocycles. The molecule has 0 spiro atoms. The molecule has 0 atom stereocenters. The summed E-state index contributed by atoms with van der Waals surface area (Å²) in [6.45, 7) is 1.65. The lowest BCUT2D eigenvalue weighted by molar-refractivity contribution is -0.384. The Kier molecular flexibility index (Phi) is 3.43. The zero-order valence-electron chi connectivity index (χ0n) is 11.3. The third kappa shape index (κ3) is 2.65. The molecule has 1 amide bonds. The van der Waals surface area contributed by atoms with Gasteiger partial charge in [-0.3, -0.25) is 20.2 Å². The topological polar surface area (TPSA) is 102 Å². The first-order valence-electron chi connectivity index (χ1n) is 6.36. The van der Waals surface area contributed by atoms with Crippen molar-refractivity contribution in [2.24, 2.45) is 7.05 Å². The van der Waals surface area contributed by atoms with Gasteiger partial charge in [0.1, 0.15) is 5.69 Å². The Morgan fingerprint density at radius 1 is 1.62 bits per heavy atom. The van der Waals surface area contributed by atoms with Crippen molar-refractivity contribution in [1.82, 2.24) is 14.9 Å². The van der Waals surface area contributed by atoms with Crippen LogP contribution >= 0.6 is 11.3 Å². The fourth-order valence-corrected chi connectivity index (χ4v) is 3.19. The highest BCUT2D eigenvalue weighted by Crippen LogP contribution is 2.26. The number of hydrogen-bond acceptors (Lipinski definition) is 6. The van der Waals surface area contributed by atoms with Crippen LogP contribution in [0.4, 0.5) is 10.8 Å². The van der Waals surface area contributed by atoms with E-state index in [4.69, 9.17) is 0 Å². The third-order valence-electron chi connectivity index (χ3n) is 3.26. The van der Waals surface area contributed by atoms with Crippen molar-refractivity contribution in [1.29, 1.82) is 0 Å². The molecule has 2 N–H and O–H groups in total. The normalized spacial score (nSPS) is 13.8. The van der Waals surface area contributed by atoms with Crippen LogP contribution in [0.3, 0.4) is 0 Å². The smallest absolute Gasteiger partial charge is 0.287 e. The van der Waals surface area contributed by atoms with Gasteiger partial charge in [-0.1, -0.05) is 0 Å². The van der Waals surface area contributed by atoms with Crippen LogP contribution in [0.25, 0.3) is 0 Å². The van der Waals surface area contributed by atoms with Crippen LogP contribution < -0.4 is 10.6 Å². The van der Waals surface area contributed by atoms with Crippen molar-refractivity contribution in [3.05, 3.63) is 38.6 Å². The van der Waals surface area contributed by atoms with Gasteiger partial charge in [0, 0.05) is 37.5 Å². The molecule has 0 fully saturated rings. The zero-order chi connectivity index (χ0) is 15.0. The van der Waals surface area contributed by atoms with E-state index in [1.165, 1.54) is 28.2 Å². The van der Waals surface area contributed by atoms with E-state index in [-0.39, 0.29) is 11.4 Å². The molecule has 21 heavy (non-hydrogen) atoms. The van der Waals surface area contributed by atoms with E-state index in [0.29, 0.717) is 5.13 Å². The number of anilines is 1. The molecule has 110 valence electrons. The van der Waals surface area contributed by atoms with Crippen molar-refractivity contribution in [3.63, 3.8) is 0 Å². The summed E-state index contributed by atoms with van der Waals surface area (Å²) in [7, 11) is 1.60. The van der Waals surface area contributed by atoms with E-state index in [1.807, 2.05) is 0 Å². The van der Waals surface area contributed by atoms with E-state index < -0.39 is 10.8 Å². The van der Waals surface area contributed by atoms with Crippen molar-refractivity contribution >= 4 is 28.1 Å². The molecule has 0 radical (unpaired) electrons. The zero-order valence-corrected chi connectivity index (χ0v) is 12.1. The van der Waals surface area contributed by atoms with Gasteiger partial charge >= 0.3 is 0 Å². The maximum atomic E-state index is 12.2. The van der Waals surface area contributed by atoms with E-state index in [2.05, 4.69) is 15.6 Å². The van der Waals surface area contributed by atoms with E-state index in [0.717, 1.165) is 30.1 Å². The molecule has 1 aliphatic heterocycles. The standard InChI is InChI=1S/C12H13N5O3S/c1-16-6-7(17(19)20)4-9(16)11(18)15-12-14-8-2-3-13-5-10(8)21-12/h4,6,13H,2-3,5H2,1H3,(H,14,15,18). The first kappa shape index (κ1) is 13.7. The molecule has 0 unspecified atom stereocenters. The summed E-state index contributed by atoms with van der Waals surface area (Å²) in [5, 5.41) is 17.2. The molecule has 1 aliphatic rings. The molecule has 0 saturated heterocycles. The van der Waals surface area contributed by atoms with Crippen LogP contribution in [0.2, 0.25) is 0 Å². The Labute approximate surface area is 124 Å². The largest absolute Gasteiger partial charge is 0.340 e. The Hall–Kier alpha value is -2.26.